The molecule has 0 bridgehead atoms. The average Bonchev–Trinajstić information content (AvgIpc) is 3.20. The van der Waals surface area contributed by atoms with Crippen molar-refractivity contribution in [1.82, 2.24) is 10.0 Å². The van der Waals surface area contributed by atoms with E-state index in [2.05, 4.69) is 62.0 Å². The third-order valence-corrected chi connectivity index (χ3v) is 9.82. The van der Waals surface area contributed by atoms with Crippen molar-refractivity contribution in [3.8, 4) is 0 Å². The zero-order chi connectivity index (χ0) is 29.9. The van der Waals surface area contributed by atoms with Crippen molar-refractivity contribution >= 4 is 15.7 Å². The summed E-state index contributed by atoms with van der Waals surface area (Å²) in [4.78, 5) is 0.169. The van der Waals surface area contributed by atoms with Crippen LogP contribution in [0.1, 0.15) is 62.0 Å². The van der Waals surface area contributed by atoms with E-state index in [0.717, 1.165) is 16.7 Å². The summed E-state index contributed by atoms with van der Waals surface area (Å²) >= 11 is 0. The first-order chi connectivity index (χ1) is 20.2. The number of hydrogen-bond acceptors (Lipinski definition) is 4. The topological polar surface area (TPSA) is 84.2 Å². The SMILES string of the molecule is C[C]1[C](C)[C](C)[C](c2ccccc2CN[C@@H](c2ccccc2)[C@@H](NS(=O)(=O)c2ccc(N)cc2)c2ccccc2)[C]1C. The second kappa shape index (κ2) is 12.8. The normalized spacial score (nSPS) is 17.4. The highest BCUT2D eigenvalue weighted by atomic mass is 32.2. The van der Waals surface area contributed by atoms with E-state index in [1.54, 1.807) is 12.1 Å². The molecule has 5 nitrogen and oxygen atoms in total. The predicted octanol–water partition coefficient (Wildman–Crippen LogP) is 7.13. The number of nitrogens with two attached hydrogens (primary N) is 1. The van der Waals surface area contributed by atoms with Gasteiger partial charge in [0, 0.05) is 18.2 Å². The maximum absolute atomic E-state index is 13.7. The molecule has 4 aromatic carbocycles. The van der Waals surface area contributed by atoms with Gasteiger partial charge in [0.05, 0.1) is 17.0 Å². The molecule has 0 heterocycles. The van der Waals surface area contributed by atoms with E-state index in [4.69, 9.17) is 5.73 Å². The quantitative estimate of drug-likeness (QED) is 0.175. The van der Waals surface area contributed by atoms with Gasteiger partial charge in [-0.25, -0.2) is 13.1 Å². The maximum Gasteiger partial charge on any atom is 0.241 e. The Morgan fingerprint density at radius 3 is 1.69 bits per heavy atom. The lowest BCUT2D eigenvalue weighted by molar-refractivity contribution is 0.421. The maximum atomic E-state index is 13.7. The number of hydrogen-bond donors (Lipinski definition) is 3. The van der Waals surface area contributed by atoms with E-state index in [1.807, 2.05) is 60.7 Å². The molecule has 1 saturated carbocycles. The van der Waals surface area contributed by atoms with Crippen molar-refractivity contribution in [3.63, 3.8) is 0 Å². The number of benzene rings is 4. The molecule has 2 atom stereocenters. The van der Waals surface area contributed by atoms with Gasteiger partial charge in [0.15, 0.2) is 0 Å². The fraction of sp³-hybridized carbons (Fsp3) is 0.194. The number of nitrogens with one attached hydrogen (secondary N) is 2. The predicted molar refractivity (Wildman–Crippen MR) is 171 cm³/mol. The van der Waals surface area contributed by atoms with Crippen LogP contribution < -0.4 is 15.8 Å². The van der Waals surface area contributed by atoms with Crippen molar-refractivity contribution < 1.29 is 8.42 Å². The first-order valence-corrected chi connectivity index (χ1v) is 15.7. The zero-order valence-electron chi connectivity index (χ0n) is 24.6. The summed E-state index contributed by atoms with van der Waals surface area (Å²) in [5.74, 6) is 6.54. The van der Waals surface area contributed by atoms with Crippen LogP contribution in [0, 0.1) is 29.6 Å². The second-order valence-electron chi connectivity index (χ2n) is 10.9. The minimum absolute atomic E-state index is 0.169. The molecule has 4 aromatic rings. The van der Waals surface area contributed by atoms with E-state index in [9.17, 15) is 8.42 Å². The molecule has 5 rings (SSSR count). The number of nitrogen functional groups attached to an aromatic ring is 1. The van der Waals surface area contributed by atoms with Gasteiger partial charge in [0.1, 0.15) is 0 Å². The molecule has 0 spiro atoms. The highest BCUT2D eigenvalue weighted by Gasteiger charge is 2.45. The molecule has 0 aromatic heterocycles. The van der Waals surface area contributed by atoms with E-state index in [-0.39, 0.29) is 10.9 Å². The monoisotopic (exact) mass is 576 g/mol. The lowest BCUT2D eigenvalue weighted by Crippen LogP contribution is -2.38. The summed E-state index contributed by atoms with van der Waals surface area (Å²) in [6, 6.07) is 33.5. The lowest BCUT2D eigenvalue weighted by Gasteiger charge is -2.31. The molecule has 0 amide bonds. The van der Waals surface area contributed by atoms with Gasteiger partial charge >= 0.3 is 0 Å². The number of anilines is 1. The van der Waals surface area contributed by atoms with E-state index in [1.165, 1.54) is 47.3 Å². The fourth-order valence-electron chi connectivity index (χ4n) is 5.72. The summed E-state index contributed by atoms with van der Waals surface area (Å²) in [5.41, 5.74) is 10.5. The van der Waals surface area contributed by atoms with E-state index < -0.39 is 16.1 Å². The van der Waals surface area contributed by atoms with Gasteiger partial charge in [-0.1, -0.05) is 113 Å². The minimum atomic E-state index is -3.87. The van der Waals surface area contributed by atoms with Crippen LogP contribution in [0.25, 0.3) is 0 Å². The van der Waals surface area contributed by atoms with Crippen molar-refractivity contribution in [2.45, 2.75) is 51.2 Å². The van der Waals surface area contributed by atoms with Crippen LogP contribution in [0.2, 0.25) is 0 Å². The van der Waals surface area contributed by atoms with Crippen LogP contribution in [-0.4, -0.2) is 8.42 Å². The number of sulfonamides is 1. The van der Waals surface area contributed by atoms with Crippen LogP contribution in [0.15, 0.2) is 114 Å². The molecule has 215 valence electrons. The van der Waals surface area contributed by atoms with E-state index in [0.29, 0.717) is 12.2 Å². The van der Waals surface area contributed by atoms with Gasteiger partial charge < -0.3 is 11.1 Å². The Labute approximate surface area is 251 Å². The Bertz CT molecular complexity index is 1540. The summed E-state index contributed by atoms with van der Waals surface area (Å²) in [6.07, 6.45) is 0. The fourth-order valence-corrected chi connectivity index (χ4v) is 6.96. The molecular weight excluding hydrogens is 538 g/mol. The van der Waals surface area contributed by atoms with Gasteiger partial charge in [-0.3, -0.25) is 0 Å². The summed E-state index contributed by atoms with van der Waals surface area (Å²) in [5, 5.41) is 3.76. The Balaban J connectivity index is 1.52. The first-order valence-electron chi connectivity index (χ1n) is 14.2. The lowest BCUT2D eigenvalue weighted by atomic mass is 9.81. The molecular formula is C36H38N3O2S. The van der Waals surface area contributed by atoms with Gasteiger partial charge in [-0.05, 0) is 70.2 Å². The smallest absolute Gasteiger partial charge is 0.241 e. The van der Waals surface area contributed by atoms with Crippen molar-refractivity contribution in [2.24, 2.45) is 0 Å². The van der Waals surface area contributed by atoms with E-state index >= 15 is 0 Å². The van der Waals surface area contributed by atoms with Crippen LogP contribution in [-0.2, 0) is 16.6 Å². The molecule has 0 aliphatic heterocycles. The molecule has 5 radical (unpaired) electrons. The van der Waals surface area contributed by atoms with Gasteiger partial charge in [-0.15, -0.1) is 0 Å². The molecule has 0 saturated heterocycles. The summed E-state index contributed by atoms with van der Waals surface area (Å²) < 4.78 is 30.4. The minimum Gasteiger partial charge on any atom is -0.399 e. The van der Waals surface area contributed by atoms with Crippen molar-refractivity contribution in [2.75, 3.05) is 5.73 Å². The highest BCUT2D eigenvalue weighted by Crippen LogP contribution is 2.55. The summed E-state index contributed by atoms with van der Waals surface area (Å²) in [7, 11) is -3.87. The Morgan fingerprint density at radius 1 is 0.619 bits per heavy atom. The molecule has 6 heteroatoms. The number of rotatable bonds is 10. The van der Waals surface area contributed by atoms with Crippen molar-refractivity contribution in [1.29, 1.82) is 0 Å². The largest absolute Gasteiger partial charge is 0.399 e. The Morgan fingerprint density at radius 2 is 1.12 bits per heavy atom. The average molecular weight is 577 g/mol. The van der Waals surface area contributed by atoms with Crippen molar-refractivity contribution in [3.05, 3.63) is 161 Å². The zero-order valence-corrected chi connectivity index (χ0v) is 25.4. The molecule has 4 N–H and O–H groups in total. The van der Waals surface area contributed by atoms with Crippen LogP contribution >= 0.6 is 0 Å². The third kappa shape index (κ3) is 6.31. The van der Waals surface area contributed by atoms with Crippen LogP contribution in [0.3, 0.4) is 0 Å². The molecule has 0 unspecified atom stereocenters. The second-order valence-corrected chi connectivity index (χ2v) is 12.6. The first kappa shape index (κ1) is 30.0. The Kier molecular flexibility index (Phi) is 9.16. The molecule has 1 aliphatic rings. The van der Waals surface area contributed by atoms with Gasteiger partial charge in [-0.2, -0.15) is 0 Å². The molecule has 42 heavy (non-hydrogen) atoms. The third-order valence-electron chi connectivity index (χ3n) is 8.36. The highest BCUT2D eigenvalue weighted by molar-refractivity contribution is 7.89. The summed E-state index contributed by atoms with van der Waals surface area (Å²) in [6.45, 7) is 9.30. The van der Waals surface area contributed by atoms with Crippen LogP contribution in [0.5, 0.6) is 0 Å². The van der Waals surface area contributed by atoms with Gasteiger partial charge in [0.25, 0.3) is 0 Å². The standard InChI is InChI=1S/C36H38N3O2S/c1-24-25(2)27(4)34(26(24)3)33-18-12-11-17-30(33)23-38-35(28-13-7-5-8-14-28)36(29-15-9-6-10-16-29)39-42(40,41)32-21-19-31(37)20-22-32/h5-22,35-36,38-39H,23,37H2,1-4H3/t35-,36-/m0/s1. The molecule has 1 fully saturated rings. The van der Waals surface area contributed by atoms with Crippen LogP contribution in [0.4, 0.5) is 5.69 Å². The molecule has 1 aliphatic carbocycles. The Hall–Kier alpha value is -3.45. The van der Waals surface area contributed by atoms with Gasteiger partial charge in [0.2, 0.25) is 10.0 Å².